The maximum Gasteiger partial charge on any atom is 0.333 e. The number of carbonyl (C=O) groups excluding carboxylic acids is 3. The fourth-order valence-corrected chi connectivity index (χ4v) is 5.93. The molecule has 0 spiro atoms. The summed E-state index contributed by atoms with van der Waals surface area (Å²) in [6.45, 7) is 3.39. The highest BCUT2D eigenvalue weighted by Crippen LogP contribution is 2.30. The summed E-state index contributed by atoms with van der Waals surface area (Å²) in [5, 5.41) is 3.20. The number of ether oxygens (including phenoxy) is 2. The fraction of sp³-hybridized carbons (Fsp3) is 0.294. The van der Waals surface area contributed by atoms with Gasteiger partial charge in [0.1, 0.15) is 23.0 Å². The predicted molar refractivity (Wildman–Crippen MR) is 179 cm³/mol. The van der Waals surface area contributed by atoms with Crippen molar-refractivity contribution in [3.05, 3.63) is 109 Å². The van der Waals surface area contributed by atoms with Crippen molar-refractivity contribution in [2.45, 2.75) is 58.0 Å². The SMILES string of the molecule is CC(Oc1ccc([C@@H](C)NC(=O)c2c3n(c(=O)n2-c2ccc(OC4CC4)cc2)CCN(C(=O)c2ccc(Br)c(Cl)c2)C3)c(F)c1)C(N)=O. The van der Waals surface area contributed by atoms with Crippen molar-refractivity contribution in [1.29, 1.82) is 0 Å². The molecule has 2 atom stereocenters. The Bertz CT molecular complexity index is 1980. The lowest BCUT2D eigenvalue weighted by Gasteiger charge is -2.28. The molecule has 2 aliphatic rings. The van der Waals surface area contributed by atoms with Gasteiger partial charge in [-0.1, -0.05) is 17.7 Å². The number of imidazole rings is 1. The molecule has 0 bridgehead atoms. The van der Waals surface area contributed by atoms with Gasteiger partial charge in [0.05, 0.1) is 35.1 Å². The van der Waals surface area contributed by atoms with Gasteiger partial charge >= 0.3 is 5.69 Å². The molecule has 1 unspecified atom stereocenters. The van der Waals surface area contributed by atoms with Gasteiger partial charge in [0.25, 0.3) is 17.7 Å². The maximum atomic E-state index is 15.2. The zero-order chi connectivity index (χ0) is 34.3. The number of carbonyl (C=O) groups is 3. The molecule has 4 aromatic rings. The number of nitrogens with two attached hydrogens (primary N) is 1. The van der Waals surface area contributed by atoms with Crippen molar-refractivity contribution in [2.75, 3.05) is 6.54 Å². The fourth-order valence-electron chi connectivity index (χ4n) is 5.51. The van der Waals surface area contributed by atoms with E-state index in [-0.39, 0.29) is 48.7 Å². The number of amides is 3. The summed E-state index contributed by atoms with van der Waals surface area (Å²) < 4.78 is 29.9. The van der Waals surface area contributed by atoms with E-state index in [1.807, 2.05) is 0 Å². The third kappa shape index (κ3) is 6.83. The minimum absolute atomic E-state index is 0.0182. The molecule has 1 fully saturated rings. The Hall–Kier alpha value is -4.62. The normalized spacial score (nSPS) is 15.3. The lowest BCUT2D eigenvalue weighted by atomic mass is 10.1. The summed E-state index contributed by atoms with van der Waals surface area (Å²) in [5.74, 6) is -1.59. The smallest absolute Gasteiger partial charge is 0.333 e. The average molecular weight is 741 g/mol. The minimum Gasteiger partial charge on any atom is -0.490 e. The van der Waals surface area contributed by atoms with Crippen LogP contribution >= 0.6 is 27.5 Å². The van der Waals surface area contributed by atoms with Gasteiger partial charge in [-0.3, -0.25) is 23.5 Å². The van der Waals surface area contributed by atoms with Crippen molar-refractivity contribution in [2.24, 2.45) is 5.73 Å². The molecule has 1 aliphatic heterocycles. The summed E-state index contributed by atoms with van der Waals surface area (Å²) in [5.41, 5.74) is 6.07. The van der Waals surface area contributed by atoms with Crippen molar-refractivity contribution in [1.82, 2.24) is 19.4 Å². The lowest BCUT2D eigenvalue weighted by Crippen LogP contribution is -2.41. The summed E-state index contributed by atoms with van der Waals surface area (Å²) in [6.07, 6.45) is 1.19. The van der Waals surface area contributed by atoms with E-state index in [9.17, 15) is 19.2 Å². The van der Waals surface area contributed by atoms with Crippen molar-refractivity contribution in [3.63, 3.8) is 0 Å². The van der Waals surface area contributed by atoms with Crippen LogP contribution in [0.4, 0.5) is 4.39 Å². The maximum absolute atomic E-state index is 15.2. The first-order chi connectivity index (χ1) is 22.9. The minimum atomic E-state index is -0.966. The van der Waals surface area contributed by atoms with Gasteiger partial charge in [-0.05, 0) is 91.1 Å². The first-order valence-electron chi connectivity index (χ1n) is 15.3. The average Bonchev–Trinajstić information content (AvgIpc) is 3.83. The van der Waals surface area contributed by atoms with E-state index < -0.39 is 35.5 Å². The van der Waals surface area contributed by atoms with Crippen LogP contribution in [0.1, 0.15) is 64.8 Å². The quantitative estimate of drug-likeness (QED) is 0.231. The molecule has 14 heteroatoms. The van der Waals surface area contributed by atoms with E-state index in [0.717, 1.165) is 18.9 Å². The predicted octanol–water partition coefficient (Wildman–Crippen LogP) is 5.13. The number of nitrogens with one attached hydrogen (secondary N) is 1. The van der Waals surface area contributed by atoms with E-state index in [0.29, 0.717) is 32.2 Å². The van der Waals surface area contributed by atoms with Gasteiger partial charge < -0.3 is 25.4 Å². The van der Waals surface area contributed by atoms with Crippen LogP contribution in [0.5, 0.6) is 11.5 Å². The summed E-state index contributed by atoms with van der Waals surface area (Å²) in [7, 11) is 0. The molecule has 2 heterocycles. The molecule has 3 amide bonds. The van der Waals surface area contributed by atoms with Crippen LogP contribution in [0.2, 0.25) is 5.02 Å². The molecule has 1 saturated carbocycles. The zero-order valence-corrected chi connectivity index (χ0v) is 28.4. The Balaban J connectivity index is 1.33. The highest BCUT2D eigenvalue weighted by Gasteiger charge is 2.33. The number of fused-ring (bicyclic) bond motifs is 1. The van der Waals surface area contributed by atoms with Crippen LogP contribution < -0.4 is 26.2 Å². The number of hydrogen-bond acceptors (Lipinski definition) is 6. The Morgan fingerprint density at radius 2 is 1.73 bits per heavy atom. The van der Waals surface area contributed by atoms with Crippen LogP contribution in [0, 0.1) is 5.82 Å². The third-order valence-electron chi connectivity index (χ3n) is 8.27. The van der Waals surface area contributed by atoms with Crippen molar-refractivity contribution in [3.8, 4) is 17.2 Å². The number of benzene rings is 3. The second kappa shape index (κ2) is 13.5. The molecular formula is C34H32BrClFN5O6. The standard InChI is InChI=1S/C34H32BrClFN5O6/c1-18(25-11-10-24(16-28(25)37)47-19(2)31(38)43)39-32(44)30-29-17-40(33(45)20-3-12-26(35)27(36)15-20)13-14-41(29)34(46)42(30)21-4-6-22(7-5-21)48-23-8-9-23/h3-7,10-12,15-16,18-19,23H,8-9,13-14,17H2,1-2H3,(H2,38,43)(H,39,44)/t18-,19?/m1/s1. The van der Waals surface area contributed by atoms with Gasteiger partial charge in [0, 0.05) is 34.8 Å². The van der Waals surface area contributed by atoms with E-state index in [2.05, 4.69) is 21.2 Å². The van der Waals surface area contributed by atoms with Gasteiger partial charge in [-0.15, -0.1) is 0 Å². The van der Waals surface area contributed by atoms with E-state index in [4.69, 9.17) is 26.8 Å². The monoisotopic (exact) mass is 739 g/mol. The number of rotatable bonds is 10. The van der Waals surface area contributed by atoms with Crippen LogP contribution in [0.15, 0.2) is 69.9 Å². The third-order valence-corrected chi connectivity index (χ3v) is 9.50. The molecule has 11 nitrogen and oxygen atoms in total. The van der Waals surface area contributed by atoms with Crippen LogP contribution in [0.25, 0.3) is 5.69 Å². The first kappa shape index (κ1) is 33.3. The van der Waals surface area contributed by atoms with Gasteiger partial charge in [-0.25, -0.2) is 9.18 Å². The van der Waals surface area contributed by atoms with Crippen molar-refractivity contribution >= 4 is 45.3 Å². The van der Waals surface area contributed by atoms with E-state index >= 15 is 4.39 Å². The second-order valence-electron chi connectivity index (χ2n) is 11.8. The lowest BCUT2D eigenvalue weighted by molar-refractivity contribution is -0.124. The summed E-state index contributed by atoms with van der Waals surface area (Å²) in [6, 6.07) is 14.9. The molecule has 48 heavy (non-hydrogen) atoms. The number of hydrogen-bond donors (Lipinski definition) is 2. The number of aromatic nitrogens is 2. The number of halogens is 3. The van der Waals surface area contributed by atoms with Gasteiger partial charge in [-0.2, -0.15) is 0 Å². The van der Waals surface area contributed by atoms with Crippen molar-refractivity contribution < 1.29 is 28.2 Å². The van der Waals surface area contributed by atoms with Gasteiger partial charge in [0.15, 0.2) is 6.10 Å². The second-order valence-corrected chi connectivity index (χ2v) is 13.0. The molecule has 6 rings (SSSR count). The largest absolute Gasteiger partial charge is 0.490 e. The van der Waals surface area contributed by atoms with E-state index in [1.54, 1.807) is 54.3 Å². The molecule has 3 aromatic carbocycles. The van der Waals surface area contributed by atoms with Gasteiger partial charge in [0.2, 0.25) is 0 Å². The molecule has 0 saturated heterocycles. The number of nitrogens with zero attached hydrogens (tertiary/aromatic N) is 3. The highest BCUT2D eigenvalue weighted by atomic mass is 79.9. The molecule has 1 aliphatic carbocycles. The molecule has 1 aromatic heterocycles. The Morgan fingerprint density at radius 1 is 1.02 bits per heavy atom. The van der Waals surface area contributed by atoms with Crippen LogP contribution in [0.3, 0.4) is 0 Å². The first-order valence-corrected chi connectivity index (χ1v) is 16.5. The zero-order valence-electron chi connectivity index (χ0n) is 26.0. The Kier molecular flexibility index (Phi) is 9.35. The Labute approximate surface area is 288 Å². The topological polar surface area (TPSA) is 138 Å². The van der Waals surface area contributed by atoms with E-state index in [1.165, 1.54) is 28.2 Å². The summed E-state index contributed by atoms with van der Waals surface area (Å²) in [4.78, 5) is 54.5. The molecule has 3 N–H and O–H groups in total. The highest BCUT2D eigenvalue weighted by molar-refractivity contribution is 9.10. The van der Waals surface area contributed by atoms with Crippen LogP contribution in [-0.4, -0.2) is 50.5 Å². The molecule has 250 valence electrons. The molecular weight excluding hydrogens is 709 g/mol. The Morgan fingerprint density at radius 3 is 2.38 bits per heavy atom. The molecule has 0 radical (unpaired) electrons. The van der Waals surface area contributed by atoms with Crippen LogP contribution in [-0.2, 0) is 17.9 Å². The summed E-state index contributed by atoms with van der Waals surface area (Å²) >= 11 is 9.59. The number of primary amides is 1.